The van der Waals surface area contributed by atoms with Crippen molar-refractivity contribution in [3.63, 3.8) is 0 Å². The monoisotopic (exact) mass is 403 g/mol. The van der Waals surface area contributed by atoms with E-state index in [-0.39, 0.29) is 0 Å². The minimum absolute atomic E-state index is 0.383. The van der Waals surface area contributed by atoms with Gasteiger partial charge in [0.15, 0.2) is 11.6 Å². The minimum atomic E-state index is 0.383. The van der Waals surface area contributed by atoms with E-state index in [1.165, 1.54) is 6.42 Å². The van der Waals surface area contributed by atoms with Gasteiger partial charge in [0.1, 0.15) is 12.1 Å². The van der Waals surface area contributed by atoms with Gasteiger partial charge in [0, 0.05) is 26.2 Å². The van der Waals surface area contributed by atoms with Crippen LogP contribution in [0.2, 0.25) is 0 Å². The first-order valence-corrected chi connectivity index (χ1v) is 10.7. The molecule has 0 aliphatic rings. The van der Waals surface area contributed by atoms with E-state index in [9.17, 15) is 0 Å². The summed E-state index contributed by atoms with van der Waals surface area (Å²) in [4.78, 5) is 15.7. The average Bonchev–Trinajstić information content (AvgIpc) is 3.10. The highest BCUT2D eigenvalue weighted by Gasteiger charge is 2.08. The summed E-state index contributed by atoms with van der Waals surface area (Å²) < 4.78 is 1.75. The van der Waals surface area contributed by atoms with Crippen LogP contribution in [-0.4, -0.2) is 75.9 Å². The van der Waals surface area contributed by atoms with E-state index in [1.807, 2.05) is 7.05 Å². The molecule has 29 heavy (non-hydrogen) atoms. The predicted octanol–water partition coefficient (Wildman–Crippen LogP) is 1.84. The van der Waals surface area contributed by atoms with Crippen molar-refractivity contribution in [2.75, 3.05) is 44.6 Å². The summed E-state index contributed by atoms with van der Waals surface area (Å²) in [5.74, 6) is 1.65. The van der Waals surface area contributed by atoms with E-state index in [1.54, 1.807) is 17.2 Å². The van der Waals surface area contributed by atoms with Crippen LogP contribution in [0, 0.1) is 0 Å². The first-order valence-electron chi connectivity index (χ1n) is 10.7. The average molecular weight is 404 g/mol. The van der Waals surface area contributed by atoms with E-state index in [0.29, 0.717) is 19.1 Å². The molecule has 0 aromatic carbocycles. The molecular weight excluding hydrogens is 366 g/mol. The lowest BCUT2D eigenvalue weighted by atomic mass is 10.2. The summed E-state index contributed by atoms with van der Waals surface area (Å²) in [6, 6.07) is 0.383. The van der Waals surface area contributed by atoms with Crippen molar-refractivity contribution >= 4 is 22.8 Å². The molecule has 2 aromatic heterocycles. The van der Waals surface area contributed by atoms with Gasteiger partial charge >= 0.3 is 0 Å². The molecular formula is C20H37N9. The van der Waals surface area contributed by atoms with Crippen LogP contribution in [0.5, 0.6) is 0 Å². The van der Waals surface area contributed by atoms with Crippen LogP contribution in [0.1, 0.15) is 40.5 Å². The molecule has 9 nitrogen and oxygen atoms in total. The fourth-order valence-electron chi connectivity index (χ4n) is 3.23. The molecule has 0 spiro atoms. The largest absolute Gasteiger partial charge is 0.367 e. The summed E-state index contributed by atoms with van der Waals surface area (Å²) in [7, 11) is 1.88. The molecule has 0 aliphatic carbocycles. The van der Waals surface area contributed by atoms with Crippen molar-refractivity contribution in [3.05, 3.63) is 12.5 Å². The Morgan fingerprint density at radius 2 is 2.03 bits per heavy atom. The molecule has 0 saturated heterocycles. The van der Waals surface area contributed by atoms with Gasteiger partial charge in [-0.25, -0.2) is 9.97 Å². The number of hydrogen-bond acceptors (Lipinski definition) is 6. The number of aliphatic imine (C=N–C) groups is 1. The number of fused-ring (bicyclic) bond motifs is 1. The Balaban J connectivity index is 1.80. The number of nitrogens with zero attached hydrogens (tertiary/aromatic N) is 6. The zero-order valence-corrected chi connectivity index (χ0v) is 18.6. The van der Waals surface area contributed by atoms with Gasteiger partial charge in [-0.15, -0.1) is 0 Å². The predicted molar refractivity (Wildman–Crippen MR) is 120 cm³/mol. The van der Waals surface area contributed by atoms with E-state index >= 15 is 0 Å². The van der Waals surface area contributed by atoms with E-state index in [4.69, 9.17) is 0 Å². The molecule has 0 radical (unpaired) electrons. The normalized spacial score (nSPS) is 13.1. The lowest BCUT2D eigenvalue weighted by Crippen LogP contribution is -2.42. The Morgan fingerprint density at radius 1 is 1.24 bits per heavy atom. The summed E-state index contributed by atoms with van der Waals surface area (Å²) in [6.45, 7) is 14.3. The Kier molecular flexibility index (Phi) is 9.63. The van der Waals surface area contributed by atoms with Crippen molar-refractivity contribution in [1.82, 2.24) is 35.3 Å². The molecule has 0 aliphatic heterocycles. The van der Waals surface area contributed by atoms with Gasteiger partial charge in [0.2, 0.25) is 0 Å². The Morgan fingerprint density at radius 3 is 2.76 bits per heavy atom. The van der Waals surface area contributed by atoms with E-state index < -0.39 is 0 Å². The van der Waals surface area contributed by atoms with Gasteiger partial charge in [-0.2, -0.15) is 5.10 Å². The molecule has 2 heterocycles. The van der Waals surface area contributed by atoms with Crippen molar-refractivity contribution in [2.45, 2.75) is 46.6 Å². The first kappa shape index (κ1) is 22.9. The van der Waals surface area contributed by atoms with Crippen molar-refractivity contribution < 1.29 is 0 Å². The molecule has 1 atom stereocenters. The maximum atomic E-state index is 4.69. The number of aryl methyl sites for hydroxylation is 1. The van der Waals surface area contributed by atoms with Crippen LogP contribution in [0.3, 0.4) is 0 Å². The quantitative estimate of drug-likeness (QED) is 0.283. The summed E-state index contributed by atoms with van der Waals surface area (Å²) in [6.07, 6.45) is 5.65. The van der Waals surface area contributed by atoms with Gasteiger partial charge in [-0.1, -0.05) is 13.8 Å². The zero-order valence-electron chi connectivity index (χ0n) is 18.6. The van der Waals surface area contributed by atoms with Crippen molar-refractivity contribution in [3.8, 4) is 0 Å². The molecule has 3 N–H and O–H groups in total. The minimum Gasteiger partial charge on any atom is -0.367 e. The summed E-state index contributed by atoms with van der Waals surface area (Å²) in [5.41, 5.74) is 0.819. The third-order valence-corrected chi connectivity index (χ3v) is 4.94. The SMILES string of the molecule is CCNC(=NCCNc1ncnc2c1cnn2C)NC(C)CCCN(CC)CC. The molecule has 1 unspecified atom stereocenters. The number of rotatable bonds is 12. The topological polar surface area (TPSA) is 95.3 Å². The van der Waals surface area contributed by atoms with Crippen molar-refractivity contribution in [1.29, 1.82) is 0 Å². The maximum absolute atomic E-state index is 4.69. The fraction of sp³-hybridized carbons (Fsp3) is 0.700. The van der Waals surface area contributed by atoms with Crippen molar-refractivity contribution in [2.24, 2.45) is 12.0 Å². The highest BCUT2D eigenvalue weighted by molar-refractivity contribution is 5.86. The summed E-state index contributed by atoms with van der Waals surface area (Å²) in [5, 5.41) is 15.3. The Hall–Kier alpha value is -2.42. The van der Waals surface area contributed by atoms with E-state index in [2.05, 4.69) is 68.6 Å². The van der Waals surface area contributed by atoms with Gasteiger partial charge in [0.05, 0.1) is 18.1 Å². The third-order valence-electron chi connectivity index (χ3n) is 4.94. The molecule has 9 heteroatoms. The van der Waals surface area contributed by atoms with Crippen LogP contribution < -0.4 is 16.0 Å². The lowest BCUT2D eigenvalue weighted by Gasteiger charge is -2.21. The zero-order chi connectivity index (χ0) is 21.1. The Labute approximate surface area is 174 Å². The molecule has 0 fully saturated rings. The second kappa shape index (κ2) is 12.2. The van der Waals surface area contributed by atoms with E-state index in [0.717, 1.165) is 55.4 Å². The van der Waals surface area contributed by atoms with Crippen LogP contribution >= 0.6 is 0 Å². The lowest BCUT2D eigenvalue weighted by molar-refractivity contribution is 0.292. The first-order chi connectivity index (χ1) is 14.1. The second-order valence-electron chi connectivity index (χ2n) is 7.13. The number of anilines is 1. The standard InChI is InChI=1S/C20H37N9/c1-6-21-20(27-16(4)10-9-13-29(7-2)8-3)23-12-11-22-18-17-14-26-28(5)19(17)25-15-24-18/h14-16H,6-13H2,1-5H3,(H2,21,23,27)(H,22,24,25). The molecule has 0 bridgehead atoms. The fourth-order valence-corrected chi connectivity index (χ4v) is 3.23. The van der Waals surface area contributed by atoms with Gasteiger partial charge in [-0.3, -0.25) is 9.67 Å². The van der Waals surface area contributed by atoms with Gasteiger partial charge in [0.25, 0.3) is 0 Å². The molecule has 2 rings (SSSR count). The number of nitrogens with one attached hydrogen (secondary N) is 3. The number of hydrogen-bond donors (Lipinski definition) is 3. The molecule has 162 valence electrons. The highest BCUT2D eigenvalue weighted by Crippen LogP contribution is 2.17. The Bertz CT molecular complexity index is 751. The smallest absolute Gasteiger partial charge is 0.191 e. The van der Waals surface area contributed by atoms with Gasteiger partial charge in [-0.05, 0) is 46.3 Å². The third kappa shape index (κ3) is 7.16. The van der Waals surface area contributed by atoms with Crippen LogP contribution in [0.4, 0.5) is 5.82 Å². The van der Waals surface area contributed by atoms with Gasteiger partial charge < -0.3 is 20.9 Å². The second-order valence-corrected chi connectivity index (χ2v) is 7.13. The molecule has 0 amide bonds. The highest BCUT2D eigenvalue weighted by atomic mass is 15.3. The summed E-state index contributed by atoms with van der Waals surface area (Å²) >= 11 is 0. The van der Waals surface area contributed by atoms with Crippen LogP contribution in [0.25, 0.3) is 11.0 Å². The molecule has 0 saturated carbocycles. The molecule has 2 aromatic rings. The van der Waals surface area contributed by atoms with Crippen LogP contribution in [-0.2, 0) is 7.05 Å². The number of guanidine groups is 1. The maximum Gasteiger partial charge on any atom is 0.191 e. The number of aromatic nitrogens is 4. The van der Waals surface area contributed by atoms with Crippen LogP contribution in [0.15, 0.2) is 17.5 Å².